The zero-order valence-corrected chi connectivity index (χ0v) is 11.0. The minimum absolute atomic E-state index is 0.0103. The smallest absolute Gasteiger partial charge is 0.140 e. The molecular formula is C15H11ClFNO. The van der Waals surface area contributed by atoms with E-state index in [4.69, 9.17) is 21.6 Å². The highest BCUT2D eigenvalue weighted by atomic mass is 35.5. The molecule has 0 amide bonds. The summed E-state index contributed by atoms with van der Waals surface area (Å²) in [5, 5.41) is 9.28. The average Bonchev–Trinajstić information content (AvgIpc) is 2.39. The van der Waals surface area contributed by atoms with Crippen LogP contribution >= 0.6 is 11.6 Å². The Morgan fingerprint density at radius 1 is 1.26 bits per heavy atom. The lowest BCUT2D eigenvalue weighted by atomic mass is 10.1. The molecule has 0 bridgehead atoms. The van der Waals surface area contributed by atoms with Crippen LogP contribution in [-0.2, 0) is 6.61 Å². The summed E-state index contributed by atoms with van der Waals surface area (Å²) in [6, 6.07) is 11.6. The Morgan fingerprint density at radius 3 is 2.74 bits per heavy atom. The molecule has 0 saturated heterocycles. The number of nitrogens with zero attached hydrogens (tertiary/aromatic N) is 1. The Kier molecular flexibility index (Phi) is 4.03. The van der Waals surface area contributed by atoms with Gasteiger partial charge in [-0.05, 0) is 42.3 Å². The van der Waals surface area contributed by atoms with Crippen molar-refractivity contribution in [1.82, 2.24) is 0 Å². The predicted molar refractivity (Wildman–Crippen MR) is 71.6 cm³/mol. The van der Waals surface area contributed by atoms with Crippen LogP contribution in [0.25, 0.3) is 0 Å². The zero-order valence-electron chi connectivity index (χ0n) is 10.3. The Labute approximate surface area is 116 Å². The summed E-state index contributed by atoms with van der Waals surface area (Å²) in [5.74, 6) is 0.0368. The Hall–Kier alpha value is -2.05. The van der Waals surface area contributed by atoms with Crippen LogP contribution in [0.15, 0.2) is 36.4 Å². The normalized spacial score (nSPS) is 10.0. The summed E-state index contributed by atoms with van der Waals surface area (Å²) >= 11 is 6.04. The van der Waals surface area contributed by atoms with Crippen LogP contribution in [0.4, 0.5) is 4.39 Å². The zero-order chi connectivity index (χ0) is 13.8. The highest BCUT2D eigenvalue weighted by Crippen LogP contribution is 2.26. The molecule has 2 rings (SSSR count). The summed E-state index contributed by atoms with van der Waals surface area (Å²) < 4.78 is 18.7. The van der Waals surface area contributed by atoms with Crippen LogP contribution in [0.3, 0.4) is 0 Å². The first kappa shape index (κ1) is 13.4. The molecule has 0 aliphatic carbocycles. The van der Waals surface area contributed by atoms with Crippen molar-refractivity contribution in [2.24, 2.45) is 0 Å². The topological polar surface area (TPSA) is 33.0 Å². The van der Waals surface area contributed by atoms with Crippen molar-refractivity contribution < 1.29 is 9.13 Å². The molecule has 0 saturated carbocycles. The molecule has 0 heterocycles. The van der Waals surface area contributed by atoms with Gasteiger partial charge in [-0.2, -0.15) is 5.26 Å². The van der Waals surface area contributed by atoms with Gasteiger partial charge < -0.3 is 4.74 Å². The van der Waals surface area contributed by atoms with Gasteiger partial charge in [0, 0.05) is 0 Å². The summed E-state index contributed by atoms with van der Waals surface area (Å²) in [4.78, 5) is 0. The van der Waals surface area contributed by atoms with Crippen LogP contribution in [-0.4, -0.2) is 0 Å². The molecule has 0 fully saturated rings. The lowest BCUT2D eigenvalue weighted by Crippen LogP contribution is -1.97. The van der Waals surface area contributed by atoms with E-state index >= 15 is 0 Å². The molecule has 96 valence electrons. The summed E-state index contributed by atoms with van der Waals surface area (Å²) in [6.07, 6.45) is 0. The average molecular weight is 276 g/mol. The fourth-order valence-corrected chi connectivity index (χ4v) is 1.92. The number of halogens is 2. The highest BCUT2D eigenvalue weighted by molar-refractivity contribution is 6.32. The molecule has 0 spiro atoms. The third-order valence-corrected chi connectivity index (χ3v) is 2.93. The molecule has 0 radical (unpaired) electrons. The molecule has 2 aromatic carbocycles. The van der Waals surface area contributed by atoms with Crippen LogP contribution in [0.1, 0.15) is 16.7 Å². The van der Waals surface area contributed by atoms with Crippen LogP contribution in [0.2, 0.25) is 5.02 Å². The largest absolute Gasteiger partial charge is 0.487 e. The number of hydrogen-bond donors (Lipinski definition) is 0. The number of rotatable bonds is 3. The van der Waals surface area contributed by atoms with E-state index in [1.165, 1.54) is 12.1 Å². The third kappa shape index (κ3) is 3.24. The van der Waals surface area contributed by atoms with Crippen molar-refractivity contribution in [3.8, 4) is 11.8 Å². The minimum Gasteiger partial charge on any atom is -0.487 e. The van der Waals surface area contributed by atoms with Gasteiger partial charge in [0.25, 0.3) is 0 Å². The van der Waals surface area contributed by atoms with E-state index in [0.717, 1.165) is 11.1 Å². The quantitative estimate of drug-likeness (QED) is 0.839. The minimum atomic E-state index is -0.528. The van der Waals surface area contributed by atoms with Gasteiger partial charge in [-0.15, -0.1) is 0 Å². The number of aryl methyl sites for hydroxylation is 1. The summed E-state index contributed by atoms with van der Waals surface area (Å²) in [5.41, 5.74) is 1.77. The van der Waals surface area contributed by atoms with Crippen LogP contribution in [0.5, 0.6) is 5.75 Å². The molecule has 19 heavy (non-hydrogen) atoms. The molecule has 0 aliphatic heterocycles. The van der Waals surface area contributed by atoms with Crippen molar-refractivity contribution in [3.63, 3.8) is 0 Å². The van der Waals surface area contributed by atoms with Crippen molar-refractivity contribution >= 4 is 11.6 Å². The fraction of sp³-hybridized carbons (Fsp3) is 0.133. The predicted octanol–water partition coefficient (Wildman–Crippen LogP) is 4.24. The van der Waals surface area contributed by atoms with Gasteiger partial charge in [-0.25, -0.2) is 4.39 Å². The van der Waals surface area contributed by atoms with Crippen molar-refractivity contribution in [3.05, 3.63) is 63.9 Å². The van der Waals surface area contributed by atoms with E-state index in [-0.39, 0.29) is 12.2 Å². The molecule has 0 aliphatic rings. The van der Waals surface area contributed by atoms with Gasteiger partial charge in [0.15, 0.2) is 0 Å². The third-order valence-electron chi connectivity index (χ3n) is 2.63. The van der Waals surface area contributed by atoms with E-state index in [9.17, 15) is 4.39 Å². The second kappa shape index (κ2) is 5.73. The number of hydrogen-bond acceptors (Lipinski definition) is 2. The second-order valence-corrected chi connectivity index (χ2v) is 4.56. The van der Waals surface area contributed by atoms with Crippen LogP contribution in [0, 0.1) is 24.1 Å². The maximum Gasteiger partial charge on any atom is 0.140 e. The lowest BCUT2D eigenvalue weighted by molar-refractivity contribution is 0.306. The standard InChI is InChI=1S/C15H11ClFNO/c1-10-2-5-15(13(16)6-10)19-9-11-3-4-14(17)12(7-11)8-18/h2-7H,9H2,1H3. The van der Waals surface area contributed by atoms with E-state index in [1.807, 2.05) is 19.1 Å². The fourth-order valence-electron chi connectivity index (χ4n) is 1.63. The lowest BCUT2D eigenvalue weighted by Gasteiger charge is -2.09. The van der Waals surface area contributed by atoms with Crippen molar-refractivity contribution in [1.29, 1.82) is 5.26 Å². The Morgan fingerprint density at radius 2 is 2.05 bits per heavy atom. The second-order valence-electron chi connectivity index (χ2n) is 4.15. The molecule has 0 unspecified atom stereocenters. The molecular weight excluding hydrogens is 265 g/mol. The first-order valence-corrected chi connectivity index (χ1v) is 6.05. The van der Waals surface area contributed by atoms with Gasteiger partial charge in [0.1, 0.15) is 24.2 Å². The molecule has 2 aromatic rings. The Bertz CT molecular complexity index is 649. The Balaban J connectivity index is 2.13. The molecule has 0 atom stereocenters. The molecule has 0 N–H and O–H groups in total. The van der Waals surface area contributed by atoms with Gasteiger partial charge in [0.2, 0.25) is 0 Å². The number of ether oxygens (including phenoxy) is 1. The van der Waals surface area contributed by atoms with E-state index < -0.39 is 5.82 Å². The molecule has 0 aromatic heterocycles. The number of benzene rings is 2. The summed E-state index contributed by atoms with van der Waals surface area (Å²) in [7, 11) is 0. The first-order valence-electron chi connectivity index (χ1n) is 5.67. The summed E-state index contributed by atoms with van der Waals surface area (Å²) in [6.45, 7) is 2.17. The van der Waals surface area contributed by atoms with Gasteiger partial charge >= 0.3 is 0 Å². The van der Waals surface area contributed by atoms with Gasteiger partial charge in [-0.3, -0.25) is 0 Å². The molecule has 2 nitrogen and oxygen atoms in total. The van der Waals surface area contributed by atoms with Crippen molar-refractivity contribution in [2.45, 2.75) is 13.5 Å². The molecule has 4 heteroatoms. The van der Waals surface area contributed by atoms with E-state index in [0.29, 0.717) is 10.8 Å². The van der Waals surface area contributed by atoms with Crippen molar-refractivity contribution in [2.75, 3.05) is 0 Å². The number of nitriles is 1. The van der Waals surface area contributed by atoms with E-state index in [1.54, 1.807) is 18.2 Å². The van der Waals surface area contributed by atoms with Gasteiger partial charge in [-0.1, -0.05) is 23.7 Å². The SMILES string of the molecule is Cc1ccc(OCc2ccc(F)c(C#N)c2)c(Cl)c1. The van der Waals surface area contributed by atoms with Gasteiger partial charge in [0.05, 0.1) is 10.6 Å². The maximum atomic E-state index is 13.2. The maximum absolute atomic E-state index is 13.2. The monoisotopic (exact) mass is 275 g/mol. The highest BCUT2D eigenvalue weighted by Gasteiger charge is 2.05. The van der Waals surface area contributed by atoms with E-state index in [2.05, 4.69) is 0 Å². The first-order chi connectivity index (χ1) is 9.10. The van der Waals surface area contributed by atoms with Crippen LogP contribution < -0.4 is 4.74 Å².